The molecule has 21 heavy (non-hydrogen) atoms. The Morgan fingerprint density at radius 2 is 1.95 bits per heavy atom. The molecular formula is C17H22ClN3. The summed E-state index contributed by atoms with van der Waals surface area (Å²) in [5, 5.41) is 5.52. The maximum absolute atomic E-state index is 6.41. The lowest BCUT2D eigenvalue weighted by Gasteiger charge is -2.27. The van der Waals surface area contributed by atoms with Crippen LogP contribution < -0.4 is 5.73 Å². The van der Waals surface area contributed by atoms with Crippen LogP contribution in [0.2, 0.25) is 5.02 Å². The van der Waals surface area contributed by atoms with Crippen molar-refractivity contribution in [1.29, 1.82) is 0 Å². The molecule has 1 aromatic carbocycles. The molecule has 2 aromatic rings. The van der Waals surface area contributed by atoms with Crippen LogP contribution in [0.5, 0.6) is 0 Å². The lowest BCUT2D eigenvalue weighted by molar-refractivity contribution is 0.408. The van der Waals surface area contributed by atoms with Gasteiger partial charge in [-0.1, -0.05) is 49.6 Å². The van der Waals surface area contributed by atoms with Crippen LogP contribution >= 0.6 is 11.6 Å². The van der Waals surface area contributed by atoms with Crippen LogP contribution in [0.3, 0.4) is 0 Å². The second-order valence-electron chi connectivity index (χ2n) is 6.05. The van der Waals surface area contributed by atoms with E-state index >= 15 is 0 Å². The Morgan fingerprint density at radius 1 is 1.29 bits per heavy atom. The van der Waals surface area contributed by atoms with Crippen molar-refractivity contribution >= 4 is 17.4 Å². The largest absolute Gasteiger partial charge is 0.383 e. The van der Waals surface area contributed by atoms with E-state index in [2.05, 4.69) is 6.92 Å². The van der Waals surface area contributed by atoms with E-state index in [-0.39, 0.29) is 5.41 Å². The van der Waals surface area contributed by atoms with Crippen molar-refractivity contribution in [3.8, 4) is 11.1 Å². The second-order valence-corrected chi connectivity index (χ2v) is 6.46. The molecule has 3 rings (SSSR count). The highest BCUT2D eigenvalue weighted by Gasteiger charge is 2.39. The number of aryl methyl sites for hydroxylation is 1. The Balaban J connectivity index is 2.24. The Bertz CT molecular complexity index is 654. The fourth-order valence-corrected chi connectivity index (χ4v) is 3.88. The number of nitrogens with two attached hydrogens (primary N) is 1. The van der Waals surface area contributed by atoms with Crippen molar-refractivity contribution in [3.63, 3.8) is 0 Å². The second kappa shape index (κ2) is 5.38. The fraction of sp³-hybridized carbons (Fsp3) is 0.471. The molecule has 1 aliphatic carbocycles. The normalized spacial score (nSPS) is 17.3. The molecule has 4 heteroatoms. The minimum absolute atomic E-state index is 0.157. The van der Waals surface area contributed by atoms with Gasteiger partial charge in [-0.05, 0) is 25.3 Å². The van der Waals surface area contributed by atoms with Gasteiger partial charge in [0.1, 0.15) is 5.82 Å². The molecule has 0 aliphatic heterocycles. The molecule has 0 amide bonds. The summed E-state index contributed by atoms with van der Waals surface area (Å²) in [4.78, 5) is 0. The van der Waals surface area contributed by atoms with Crippen molar-refractivity contribution in [1.82, 2.24) is 9.78 Å². The number of anilines is 1. The molecule has 0 radical (unpaired) electrons. The minimum Gasteiger partial charge on any atom is -0.383 e. The summed E-state index contributed by atoms with van der Waals surface area (Å²) in [6.07, 6.45) is 6.02. The molecule has 112 valence electrons. The highest BCUT2D eigenvalue weighted by Crippen LogP contribution is 2.48. The van der Waals surface area contributed by atoms with E-state index in [1.807, 2.05) is 31.3 Å². The summed E-state index contributed by atoms with van der Waals surface area (Å²) in [6.45, 7) is 2.26. The Labute approximate surface area is 131 Å². The van der Waals surface area contributed by atoms with E-state index in [1.54, 1.807) is 4.68 Å². The van der Waals surface area contributed by atoms with Crippen molar-refractivity contribution in [2.75, 3.05) is 5.73 Å². The third-order valence-electron chi connectivity index (χ3n) is 4.97. The van der Waals surface area contributed by atoms with Gasteiger partial charge in [0.2, 0.25) is 0 Å². The third kappa shape index (κ3) is 2.24. The van der Waals surface area contributed by atoms with E-state index in [0.717, 1.165) is 28.3 Å². The molecule has 3 nitrogen and oxygen atoms in total. The quantitative estimate of drug-likeness (QED) is 0.904. The average molecular weight is 304 g/mol. The summed E-state index contributed by atoms with van der Waals surface area (Å²) in [5.74, 6) is 0.706. The van der Waals surface area contributed by atoms with Gasteiger partial charge in [0.15, 0.2) is 0 Å². The van der Waals surface area contributed by atoms with Crippen molar-refractivity contribution in [2.45, 2.75) is 44.4 Å². The SMILES string of the molecule is CCC1(c2nn(C)c(N)c2-c2ccccc2Cl)CCCC1. The van der Waals surface area contributed by atoms with Gasteiger partial charge in [0.05, 0.1) is 5.69 Å². The molecule has 0 bridgehead atoms. The first-order valence-electron chi connectivity index (χ1n) is 7.67. The van der Waals surface area contributed by atoms with Gasteiger partial charge in [0, 0.05) is 28.6 Å². The number of halogens is 1. The number of hydrogen-bond acceptors (Lipinski definition) is 2. The summed E-state index contributed by atoms with van der Waals surface area (Å²) in [7, 11) is 1.91. The highest BCUT2D eigenvalue weighted by molar-refractivity contribution is 6.33. The molecule has 1 fully saturated rings. The fourth-order valence-electron chi connectivity index (χ4n) is 3.65. The first-order valence-corrected chi connectivity index (χ1v) is 8.05. The van der Waals surface area contributed by atoms with Gasteiger partial charge in [-0.3, -0.25) is 4.68 Å². The molecule has 1 aliphatic rings. The summed E-state index contributed by atoms with van der Waals surface area (Å²) >= 11 is 6.41. The molecule has 0 saturated heterocycles. The Morgan fingerprint density at radius 3 is 2.57 bits per heavy atom. The number of nitrogens with zero attached hydrogens (tertiary/aromatic N) is 2. The first-order chi connectivity index (χ1) is 10.1. The third-order valence-corrected chi connectivity index (χ3v) is 5.30. The van der Waals surface area contributed by atoms with Gasteiger partial charge in [-0.15, -0.1) is 0 Å². The van der Waals surface area contributed by atoms with Crippen molar-refractivity contribution < 1.29 is 0 Å². The Kier molecular flexibility index (Phi) is 3.70. The predicted molar refractivity (Wildman–Crippen MR) is 88.5 cm³/mol. The van der Waals surface area contributed by atoms with Gasteiger partial charge < -0.3 is 5.73 Å². The zero-order valence-corrected chi connectivity index (χ0v) is 13.5. The monoisotopic (exact) mass is 303 g/mol. The van der Waals surface area contributed by atoms with E-state index in [9.17, 15) is 0 Å². The molecule has 0 spiro atoms. The molecule has 1 heterocycles. The van der Waals surface area contributed by atoms with E-state index in [0.29, 0.717) is 5.82 Å². The lowest BCUT2D eigenvalue weighted by atomic mass is 9.77. The molecule has 1 aromatic heterocycles. The molecule has 0 atom stereocenters. The van der Waals surface area contributed by atoms with Crippen LogP contribution in [0.1, 0.15) is 44.7 Å². The highest BCUT2D eigenvalue weighted by atomic mass is 35.5. The molecule has 1 saturated carbocycles. The molecule has 2 N–H and O–H groups in total. The maximum atomic E-state index is 6.41. The zero-order chi connectivity index (χ0) is 15.0. The van der Waals surface area contributed by atoms with Gasteiger partial charge >= 0.3 is 0 Å². The predicted octanol–water partition coefficient (Wildman–Crippen LogP) is 4.54. The van der Waals surface area contributed by atoms with Crippen molar-refractivity contribution in [3.05, 3.63) is 35.0 Å². The number of benzene rings is 1. The maximum Gasteiger partial charge on any atom is 0.129 e. The zero-order valence-electron chi connectivity index (χ0n) is 12.7. The Hall–Kier alpha value is -1.48. The number of rotatable bonds is 3. The van der Waals surface area contributed by atoms with Gasteiger partial charge in [-0.25, -0.2) is 0 Å². The molecular weight excluding hydrogens is 282 g/mol. The van der Waals surface area contributed by atoms with Crippen LogP contribution in [-0.4, -0.2) is 9.78 Å². The lowest BCUT2D eigenvalue weighted by Crippen LogP contribution is -2.22. The summed E-state index contributed by atoms with van der Waals surface area (Å²) in [6, 6.07) is 7.91. The topological polar surface area (TPSA) is 43.8 Å². The average Bonchev–Trinajstić information content (AvgIpc) is 3.07. The number of hydrogen-bond donors (Lipinski definition) is 1. The van der Waals surface area contributed by atoms with Gasteiger partial charge in [0.25, 0.3) is 0 Å². The molecule has 0 unspecified atom stereocenters. The number of aromatic nitrogens is 2. The van der Waals surface area contributed by atoms with E-state index in [4.69, 9.17) is 22.4 Å². The van der Waals surface area contributed by atoms with Crippen LogP contribution in [0.15, 0.2) is 24.3 Å². The van der Waals surface area contributed by atoms with Crippen LogP contribution in [0, 0.1) is 0 Å². The number of nitrogen functional groups attached to an aromatic ring is 1. The standard InChI is InChI=1S/C17H22ClN3/c1-3-17(10-6-7-11-17)15-14(16(19)21(2)20-15)12-8-4-5-9-13(12)18/h4-5,8-9H,3,6-7,10-11,19H2,1-2H3. The summed E-state index contributed by atoms with van der Waals surface area (Å²) in [5.41, 5.74) is 9.65. The van der Waals surface area contributed by atoms with E-state index < -0.39 is 0 Å². The van der Waals surface area contributed by atoms with Crippen molar-refractivity contribution in [2.24, 2.45) is 7.05 Å². The van der Waals surface area contributed by atoms with Crippen LogP contribution in [0.25, 0.3) is 11.1 Å². The smallest absolute Gasteiger partial charge is 0.129 e. The summed E-state index contributed by atoms with van der Waals surface area (Å²) < 4.78 is 1.80. The van der Waals surface area contributed by atoms with Crippen LogP contribution in [-0.2, 0) is 12.5 Å². The minimum atomic E-state index is 0.157. The van der Waals surface area contributed by atoms with E-state index in [1.165, 1.54) is 25.7 Å². The first kappa shape index (κ1) is 14.5. The van der Waals surface area contributed by atoms with Gasteiger partial charge in [-0.2, -0.15) is 5.10 Å². The van der Waals surface area contributed by atoms with Crippen LogP contribution in [0.4, 0.5) is 5.82 Å².